The lowest BCUT2D eigenvalue weighted by atomic mass is 10.2. The summed E-state index contributed by atoms with van der Waals surface area (Å²) < 4.78 is 6.88. The predicted molar refractivity (Wildman–Crippen MR) is 84.2 cm³/mol. The third-order valence-electron chi connectivity index (χ3n) is 3.06. The van der Waals surface area contributed by atoms with Gasteiger partial charge in [0.05, 0.1) is 10.2 Å². The van der Waals surface area contributed by atoms with Crippen LogP contribution in [0.2, 0.25) is 0 Å². The van der Waals surface area contributed by atoms with E-state index in [0.29, 0.717) is 6.54 Å². The molecule has 20 heavy (non-hydrogen) atoms. The van der Waals surface area contributed by atoms with E-state index in [0.717, 1.165) is 21.8 Å². The Morgan fingerprint density at radius 3 is 2.60 bits per heavy atom. The van der Waals surface area contributed by atoms with Crippen LogP contribution in [0.5, 0.6) is 5.75 Å². The number of fused-ring (bicyclic) bond motifs is 1. The third kappa shape index (κ3) is 2.66. The summed E-state index contributed by atoms with van der Waals surface area (Å²) in [6.07, 6.45) is 0.0308. The normalized spacial score (nSPS) is 12.5. The molecule has 0 fully saturated rings. The maximum absolute atomic E-state index is 5.67. The minimum absolute atomic E-state index is 0.0308. The van der Waals surface area contributed by atoms with Gasteiger partial charge in [-0.05, 0) is 43.3 Å². The molecule has 1 heterocycles. The fourth-order valence-corrected chi connectivity index (χ4v) is 2.92. The second-order valence-corrected chi connectivity index (χ2v) is 5.71. The number of nitrogens with two attached hydrogens (primary N) is 1. The van der Waals surface area contributed by atoms with E-state index < -0.39 is 0 Å². The second-order valence-electron chi connectivity index (χ2n) is 4.68. The largest absolute Gasteiger partial charge is 0.489 e. The van der Waals surface area contributed by atoms with Gasteiger partial charge in [0.15, 0.2) is 0 Å². The highest BCUT2D eigenvalue weighted by Crippen LogP contribution is 2.30. The quantitative estimate of drug-likeness (QED) is 0.795. The number of ether oxygens (including phenoxy) is 1. The van der Waals surface area contributed by atoms with Gasteiger partial charge >= 0.3 is 0 Å². The molecule has 102 valence electrons. The Labute approximate surface area is 122 Å². The topological polar surface area (TPSA) is 48.1 Å². The lowest BCUT2D eigenvalue weighted by molar-refractivity contribution is 0.230. The Bertz CT molecular complexity index is 673. The maximum Gasteiger partial charge on any atom is 0.124 e. The smallest absolute Gasteiger partial charge is 0.124 e. The van der Waals surface area contributed by atoms with Crippen molar-refractivity contribution in [3.63, 3.8) is 0 Å². The fraction of sp³-hybridized carbons (Fsp3) is 0.188. The molecule has 3 aromatic rings. The molecule has 0 aliphatic carbocycles. The van der Waals surface area contributed by atoms with Crippen LogP contribution in [0, 0.1) is 0 Å². The molecular weight excluding hydrogens is 268 g/mol. The van der Waals surface area contributed by atoms with Crippen LogP contribution in [-0.2, 0) is 0 Å². The van der Waals surface area contributed by atoms with Gasteiger partial charge in [0.2, 0.25) is 0 Å². The van der Waals surface area contributed by atoms with Gasteiger partial charge in [0.25, 0.3) is 0 Å². The molecule has 2 N–H and O–H groups in total. The van der Waals surface area contributed by atoms with Crippen LogP contribution in [0.1, 0.15) is 6.92 Å². The van der Waals surface area contributed by atoms with Crippen LogP contribution in [0.15, 0.2) is 48.5 Å². The molecule has 0 saturated heterocycles. The zero-order chi connectivity index (χ0) is 13.9. The average molecular weight is 284 g/mol. The van der Waals surface area contributed by atoms with Crippen LogP contribution in [0.4, 0.5) is 0 Å². The fourth-order valence-electron chi connectivity index (χ4n) is 1.95. The first-order valence-corrected chi connectivity index (χ1v) is 7.40. The number of hydrogen-bond acceptors (Lipinski definition) is 4. The Hall–Kier alpha value is -1.91. The lowest BCUT2D eigenvalue weighted by Crippen LogP contribution is -2.22. The van der Waals surface area contributed by atoms with Crippen LogP contribution in [0.25, 0.3) is 20.8 Å². The second kappa shape index (κ2) is 5.61. The predicted octanol–water partition coefficient (Wildman–Crippen LogP) is 3.69. The van der Waals surface area contributed by atoms with Crippen molar-refractivity contribution >= 4 is 21.6 Å². The van der Waals surface area contributed by atoms with E-state index >= 15 is 0 Å². The van der Waals surface area contributed by atoms with E-state index in [9.17, 15) is 0 Å². The zero-order valence-corrected chi connectivity index (χ0v) is 12.1. The molecule has 3 rings (SSSR count). The van der Waals surface area contributed by atoms with Crippen molar-refractivity contribution in [1.29, 1.82) is 0 Å². The van der Waals surface area contributed by atoms with E-state index in [4.69, 9.17) is 10.5 Å². The highest BCUT2D eigenvalue weighted by atomic mass is 32.1. The summed E-state index contributed by atoms with van der Waals surface area (Å²) in [6.45, 7) is 2.47. The minimum atomic E-state index is 0.0308. The minimum Gasteiger partial charge on any atom is -0.489 e. The molecule has 2 aromatic carbocycles. The zero-order valence-electron chi connectivity index (χ0n) is 11.2. The molecular formula is C16H16N2OS. The van der Waals surface area contributed by atoms with Gasteiger partial charge in [0.1, 0.15) is 16.9 Å². The Morgan fingerprint density at radius 1 is 1.15 bits per heavy atom. The summed E-state index contributed by atoms with van der Waals surface area (Å²) in [5.74, 6) is 0.841. The molecule has 0 saturated carbocycles. The molecule has 1 atom stereocenters. The highest BCUT2D eigenvalue weighted by Gasteiger charge is 2.06. The number of benzene rings is 2. The van der Waals surface area contributed by atoms with Crippen molar-refractivity contribution in [3.05, 3.63) is 48.5 Å². The van der Waals surface area contributed by atoms with Gasteiger partial charge in [0, 0.05) is 12.1 Å². The summed E-state index contributed by atoms with van der Waals surface area (Å²) in [4.78, 5) is 4.65. The summed E-state index contributed by atoms with van der Waals surface area (Å²) >= 11 is 1.70. The number of rotatable bonds is 4. The Morgan fingerprint density at radius 2 is 1.90 bits per heavy atom. The first kappa shape index (κ1) is 13.1. The van der Waals surface area contributed by atoms with Crippen LogP contribution < -0.4 is 10.5 Å². The molecule has 0 radical (unpaired) electrons. The van der Waals surface area contributed by atoms with Crippen LogP contribution in [0.3, 0.4) is 0 Å². The number of hydrogen-bond donors (Lipinski definition) is 1. The Kier molecular flexibility index (Phi) is 3.67. The van der Waals surface area contributed by atoms with Crippen molar-refractivity contribution in [2.24, 2.45) is 5.73 Å². The summed E-state index contributed by atoms with van der Waals surface area (Å²) in [7, 11) is 0. The SMILES string of the molecule is CC(CN)Oc1ccc(-c2nc3ccccc3s2)cc1. The number of thiazole rings is 1. The maximum atomic E-state index is 5.67. The van der Waals surface area contributed by atoms with Gasteiger partial charge in [-0.1, -0.05) is 12.1 Å². The van der Waals surface area contributed by atoms with Crippen molar-refractivity contribution in [2.45, 2.75) is 13.0 Å². The third-order valence-corrected chi connectivity index (χ3v) is 4.15. The van der Waals surface area contributed by atoms with Gasteiger partial charge < -0.3 is 10.5 Å². The van der Waals surface area contributed by atoms with Gasteiger partial charge in [-0.15, -0.1) is 11.3 Å². The van der Waals surface area contributed by atoms with E-state index in [1.807, 2.05) is 49.4 Å². The molecule has 4 heteroatoms. The molecule has 0 bridgehead atoms. The summed E-state index contributed by atoms with van der Waals surface area (Å²) in [6, 6.07) is 16.2. The van der Waals surface area contributed by atoms with Crippen molar-refractivity contribution in [3.8, 4) is 16.3 Å². The van der Waals surface area contributed by atoms with Gasteiger partial charge in [-0.2, -0.15) is 0 Å². The van der Waals surface area contributed by atoms with E-state index in [2.05, 4.69) is 11.1 Å². The van der Waals surface area contributed by atoms with Crippen molar-refractivity contribution < 1.29 is 4.74 Å². The first-order chi connectivity index (χ1) is 9.76. The average Bonchev–Trinajstić information content (AvgIpc) is 2.91. The van der Waals surface area contributed by atoms with Crippen molar-refractivity contribution in [2.75, 3.05) is 6.54 Å². The molecule has 0 amide bonds. The standard InChI is InChI=1S/C16H16N2OS/c1-11(10-17)19-13-8-6-12(7-9-13)16-18-14-4-2-3-5-15(14)20-16/h2-9,11H,10,17H2,1H3. The Balaban J connectivity index is 1.86. The van der Waals surface area contributed by atoms with E-state index in [-0.39, 0.29) is 6.10 Å². The summed E-state index contributed by atoms with van der Waals surface area (Å²) in [5, 5.41) is 1.03. The lowest BCUT2D eigenvalue weighted by Gasteiger charge is -2.12. The number of aromatic nitrogens is 1. The molecule has 1 aromatic heterocycles. The number of nitrogens with zero attached hydrogens (tertiary/aromatic N) is 1. The first-order valence-electron chi connectivity index (χ1n) is 6.59. The molecule has 0 aliphatic rings. The molecule has 1 unspecified atom stereocenters. The highest BCUT2D eigenvalue weighted by molar-refractivity contribution is 7.21. The molecule has 0 spiro atoms. The van der Waals surface area contributed by atoms with Gasteiger partial charge in [-0.3, -0.25) is 0 Å². The van der Waals surface area contributed by atoms with Crippen molar-refractivity contribution in [1.82, 2.24) is 4.98 Å². The summed E-state index contributed by atoms with van der Waals surface area (Å²) in [5.41, 5.74) is 7.71. The molecule has 0 aliphatic heterocycles. The van der Waals surface area contributed by atoms with Gasteiger partial charge in [-0.25, -0.2) is 4.98 Å². The van der Waals surface area contributed by atoms with Crippen LogP contribution in [-0.4, -0.2) is 17.6 Å². The molecule has 3 nitrogen and oxygen atoms in total. The van der Waals surface area contributed by atoms with E-state index in [1.54, 1.807) is 11.3 Å². The number of para-hydroxylation sites is 1. The van der Waals surface area contributed by atoms with E-state index in [1.165, 1.54) is 4.70 Å². The van der Waals surface area contributed by atoms with Crippen LogP contribution >= 0.6 is 11.3 Å². The monoisotopic (exact) mass is 284 g/mol.